The summed E-state index contributed by atoms with van der Waals surface area (Å²) in [6, 6.07) is 4.59. The Balaban J connectivity index is 1.92. The van der Waals surface area contributed by atoms with Crippen LogP contribution in [0, 0.1) is 5.92 Å². The lowest BCUT2D eigenvalue weighted by atomic mass is 9.69. The molecule has 134 valence electrons. The van der Waals surface area contributed by atoms with Gasteiger partial charge in [-0.2, -0.15) is 0 Å². The van der Waals surface area contributed by atoms with Crippen LogP contribution in [-0.4, -0.2) is 12.2 Å². The number of rotatable bonds is 7. The molecule has 0 N–H and O–H groups in total. The van der Waals surface area contributed by atoms with E-state index in [2.05, 4.69) is 39.8 Å². The van der Waals surface area contributed by atoms with Crippen LogP contribution in [0.15, 0.2) is 12.1 Å². The molecule has 0 spiro atoms. The van der Waals surface area contributed by atoms with Crippen molar-refractivity contribution in [2.24, 2.45) is 5.92 Å². The smallest absolute Gasteiger partial charge is 0.127 e. The molecule has 0 fully saturated rings. The lowest BCUT2D eigenvalue weighted by Gasteiger charge is -2.47. The van der Waals surface area contributed by atoms with Gasteiger partial charge in [-0.15, -0.1) is 0 Å². The summed E-state index contributed by atoms with van der Waals surface area (Å²) in [5.41, 5.74) is 2.66. The van der Waals surface area contributed by atoms with Gasteiger partial charge < -0.3 is 9.47 Å². The number of aryl methyl sites for hydroxylation is 1. The Morgan fingerprint density at radius 1 is 1.04 bits per heavy atom. The Labute approximate surface area is 147 Å². The number of unbranched alkanes of at least 4 members (excludes halogenated alkanes) is 3. The summed E-state index contributed by atoms with van der Waals surface area (Å²) >= 11 is 0. The van der Waals surface area contributed by atoms with Crippen molar-refractivity contribution in [2.75, 3.05) is 6.61 Å². The van der Waals surface area contributed by atoms with Crippen LogP contribution in [0.2, 0.25) is 0 Å². The van der Waals surface area contributed by atoms with Gasteiger partial charge in [0.2, 0.25) is 0 Å². The highest BCUT2D eigenvalue weighted by molar-refractivity contribution is 5.53. The molecule has 24 heavy (non-hydrogen) atoms. The highest BCUT2D eigenvalue weighted by Gasteiger charge is 2.45. The molecule has 1 aromatic rings. The van der Waals surface area contributed by atoms with E-state index in [-0.39, 0.29) is 5.60 Å². The first-order valence-electron chi connectivity index (χ1n) is 10.1. The van der Waals surface area contributed by atoms with Crippen LogP contribution in [0.1, 0.15) is 89.7 Å². The van der Waals surface area contributed by atoms with Crippen molar-refractivity contribution in [3.8, 4) is 11.5 Å². The molecular formula is C22H34O2. The molecule has 1 aromatic carbocycles. The molecule has 2 aliphatic heterocycles. The summed E-state index contributed by atoms with van der Waals surface area (Å²) in [7, 11) is 0. The molecule has 0 amide bonds. The van der Waals surface area contributed by atoms with E-state index in [4.69, 9.17) is 9.47 Å². The average Bonchev–Trinajstić information content (AvgIpc) is 2.54. The zero-order chi connectivity index (χ0) is 17.2. The van der Waals surface area contributed by atoms with Gasteiger partial charge in [0.25, 0.3) is 0 Å². The average molecular weight is 331 g/mol. The normalized spacial score (nSPS) is 24.0. The topological polar surface area (TPSA) is 18.5 Å². The summed E-state index contributed by atoms with van der Waals surface area (Å²) in [6.45, 7) is 9.97. The molecule has 0 aliphatic carbocycles. The first-order chi connectivity index (χ1) is 11.6. The lowest BCUT2D eigenvalue weighted by Crippen LogP contribution is -2.46. The van der Waals surface area contributed by atoms with Crippen LogP contribution in [0.3, 0.4) is 0 Å². The van der Waals surface area contributed by atoms with Gasteiger partial charge >= 0.3 is 0 Å². The fraction of sp³-hybridized carbons (Fsp3) is 0.727. The molecule has 2 aliphatic rings. The van der Waals surface area contributed by atoms with Crippen molar-refractivity contribution >= 4 is 0 Å². The third-order valence-electron chi connectivity index (χ3n) is 5.91. The van der Waals surface area contributed by atoms with Gasteiger partial charge in [-0.3, -0.25) is 0 Å². The minimum absolute atomic E-state index is 0.0799. The van der Waals surface area contributed by atoms with Gasteiger partial charge in [0.15, 0.2) is 0 Å². The molecule has 0 bridgehead atoms. The largest absolute Gasteiger partial charge is 0.493 e. The van der Waals surface area contributed by atoms with Crippen LogP contribution < -0.4 is 9.47 Å². The van der Waals surface area contributed by atoms with Crippen LogP contribution in [0.5, 0.6) is 11.5 Å². The van der Waals surface area contributed by atoms with Gasteiger partial charge in [0.1, 0.15) is 17.1 Å². The first kappa shape index (κ1) is 17.6. The van der Waals surface area contributed by atoms with Gasteiger partial charge in [-0.1, -0.05) is 39.5 Å². The Kier molecular flexibility index (Phi) is 5.42. The van der Waals surface area contributed by atoms with E-state index in [0.717, 1.165) is 30.9 Å². The van der Waals surface area contributed by atoms with E-state index >= 15 is 0 Å². The Hall–Kier alpha value is -1.18. The molecule has 0 radical (unpaired) electrons. The maximum atomic E-state index is 6.54. The first-order valence-corrected chi connectivity index (χ1v) is 10.1. The number of hydrogen-bond acceptors (Lipinski definition) is 2. The Morgan fingerprint density at radius 3 is 2.54 bits per heavy atom. The molecule has 3 rings (SSSR count). The van der Waals surface area contributed by atoms with E-state index in [1.165, 1.54) is 49.7 Å². The van der Waals surface area contributed by atoms with E-state index in [0.29, 0.717) is 11.8 Å². The fourth-order valence-corrected chi connectivity index (χ4v) is 4.61. The molecule has 2 heteroatoms. The van der Waals surface area contributed by atoms with Gasteiger partial charge in [-0.05, 0) is 57.2 Å². The Morgan fingerprint density at radius 2 is 1.79 bits per heavy atom. The maximum Gasteiger partial charge on any atom is 0.127 e. The van der Waals surface area contributed by atoms with Crippen LogP contribution >= 0.6 is 0 Å². The Bertz CT molecular complexity index is 561. The maximum absolute atomic E-state index is 6.54. The minimum atomic E-state index is -0.0799. The summed E-state index contributed by atoms with van der Waals surface area (Å²) < 4.78 is 12.6. The van der Waals surface area contributed by atoms with Crippen molar-refractivity contribution < 1.29 is 9.47 Å². The van der Waals surface area contributed by atoms with Gasteiger partial charge in [0.05, 0.1) is 6.61 Å². The van der Waals surface area contributed by atoms with Crippen molar-refractivity contribution in [1.82, 2.24) is 0 Å². The number of ether oxygens (including phenoxy) is 2. The third kappa shape index (κ3) is 3.43. The summed E-state index contributed by atoms with van der Waals surface area (Å²) in [5.74, 6) is 3.40. The van der Waals surface area contributed by atoms with Gasteiger partial charge in [0, 0.05) is 17.4 Å². The van der Waals surface area contributed by atoms with Crippen molar-refractivity contribution in [1.29, 1.82) is 0 Å². The number of hydrogen-bond donors (Lipinski definition) is 0. The van der Waals surface area contributed by atoms with Gasteiger partial charge in [-0.25, -0.2) is 0 Å². The summed E-state index contributed by atoms with van der Waals surface area (Å²) in [5, 5.41) is 0. The third-order valence-corrected chi connectivity index (χ3v) is 5.91. The molecule has 2 nitrogen and oxygen atoms in total. The zero-order valence-electron chi connectivity index (χ0n) is 16.0. The molecular weight excluding hydrogens is 296 g/mol. The highest BCUT2D eigenvalue weighted by Crippen LogP contribution is 2.53. The molecule has 0 saturated carbocycles. The SMILES string of the molecule is CCCCCc1cc2c3c(c1)OC(C)(C)C(CCCC)C3CCO2. The zero-order valence-corrected chi connectivity index (χ0v) is 16.0. The predicted molar refractivity (Wildman–Crippen MR) is 100 cm³/mol. The molecule has 2 atom stereocenters. The molecule has 2 unspecified atom stereocenters. The molecule has 0 saturated heterocycles. The lowest BCUT2D eigenvalue weighted by molar-refractivity contribution is -0.00535. The molecule has 2 heterocycles. The number of benzene rings is 1. The van der Waals surface area contributed by atoms with Crippen molar-refractivity contribution in [3.63, 3.8) is 0 Å². The van der Waals surface area contributed by atoms with Crippen LogP contribution in [0.25, 0.3) is 0 Å². The summed E-state index contributed by atoms with van der Waals surface area (Å²) in [6.07, 6.45) is 9.87. The van der Waals surface area contributed by atoms with E-state index in [1.54, 1.807) is 0 Å². The van der Waals surface area contributed by atoms with Crippen LogP contribution in [0.4, 0.5) is 0 Å². The van der Waals surface area contributed by atoms with Crippen molar-refractivity contribution in [3.05, 3.63) is 23.3 Å². The second-order valence-corrected chi connectivity index (χ2v) is 8.16. The quantitative estimate of drug-likeness (QED) is 0.549. The highest BCUT2D eigenvalue weighted by atomic mass is 16.5. The minimum Gasteiger partial charge on any atom is -0.493 e. The fourth-order valence-electron chi connectivity index (χ4n) is 4.61. The van der Waals surface area contributed by atoms with E-state index in [9.17, 15) is 0 Å². The molecule has 0 aromatic heterocycles. The van der Waals surface area contributed by atoms with Crippen molar-refractivity contribution in [2.45, 2.75) is 90.6 Å². The predicted octanol–water partition coefficient (Wildman–Crippen LogP) is 6.26. The standard InChI is InChI=1S/C22H34O2/c1-5-7-9-10-16-14-19-21-17(12-13-23-19)18(11-8-6-2)22(3,4)24-20(21)15-16/h14-15,17-18H,5-13H2,1-4H3. The van der Waals surface area contributed by atoms with Crippen LogP contribution in [-0.2, 0) is 6.42 Å². The second kappa shape index (κ2) is 7.37. The van der Waals surface area contributed by atoms with E-state index < -0.39 is 0 Å². The monoisotopic (exact) mass is 330 g/mol. The second-order valence-electron chi connectivity index (χ2n) is 8.16. The summed E-state index contributed by atoms with van der Waals surface area (Å²) in [4.78, 5) is 0. The van der Waals surface area contributed by atoms with E-state index in [1.807, 2.05) is 0 Å².